The van der Waals surface area contributed by atoms with Crippen molar-refractivity contribution in [2.24, 2.45) is 17.8 Å². The minimum absolute atomic E-state index is 0.0472. The van der Waals surface area contributed by atoms with Gasteiger partial charge in [-0.1, -0.05) is 32.4 Å². The van der Waals surface area contributed by atoms with E-state index in [2.05, 4.69) is 25.8 Å². The molecule has 4 aliphatic rings. The van der Waals surface area contributed by atoms with Gasteiger partial charge in [0.05, 0.1) is 74.3 Å². The summed E-state index contributed by atoms with van der Waals surface area (Å²) in [5.41, 5.74) is 0.339. The fourth-order valence-corrected chi connectivity index (χ4v) is 10.6. The van der Waals surface area contributed by atoms with Gasteiger partial charge in [-0.25, -0.2) is 8.42 Å². The molecule has 0 aromatic carbocycles. The third-order valence-corrected chi connectivity index (χ3v) is 14.6. The van der Waals surface area contributed by atoms with Crippen molar-refractivity contribution < 1.29 is 51.5 Å². The number of fused-ring (bicyclic) bond motifs is 2. The number of likely N-dealkylation sites (tertiary alicyclic amines) is 2. The van der Waals surface area contributed by atoms with Crippen LogP contribution >= 0.6 is 0 Å². The first-order valence-electron chi connectivity index (χ1n) is 21.7. The Morgan fingerprint density at radius 3 is 2.35 bits per heavy atom. The molecular weight excluding hydrogens is 841 g/mol. The third kappa shape index (κ3) is 12.1. The van der Waals surface area contributed by atoms with Crippen LogP contribution in [0.15, 0.2) is 18.3 Å². The van der Waals surface area contributed by atoms with Gasteiger partial charge >= 0.3 is 0 Å². The minimum atomic E-state index is -4.08. The van der Waals surface area contributed by atoms with Gasteiger partial charge in [-0.05, 0) is 57.4 Å². The molecule has 3 N–H and O–H groups in total. The van der Waals surface area contributed by atoms with Gasteiger partial charge in [0.15, 0.2) is 0 Å². The smallest absolute Gasteiger partial charge is 0.253 e. The van der Waals surface area contributed by atoms with Gasteiger partial charge < -0.3 is 29.9 Å². The molecule has 350 valence electrons. The molecule has 7 amide bonds. The fraction of sp³-hybridized carbons (Fsp3) is 0.732. The number of aryl methyl sites for hydroxylation is 1. The van der Waals surface area contributed by atoms with Crippen LogP contribution in [0.5, 0.6) is 0 Å². The summed E-state index contributed by atoms with van der Waals surface area (Å²) in [7, 11) is 2.50. The first-order chi connectivity index (χ1) is 29.9. The Morgan fingerprint density at radius 2 is 1.71 bits per heavy atom. The van der Waals surface area contributed by atoms with Crippen molar-refractivity contribution in [1.29, 1.82) is 0 Å². The maximum atomic E-state index is 14.1. The SMILES string of the molecule is CCC(C)C(C(CC(=O)N1CCCC1C(OC)C(C)C(=O)NCC(=O)NS(=O)(=O)CCCn1cc(CN2C(=O)C=CC2=O)nn1)OC)N(C)C(=O)CNC(=O)C1C2CCC(C2)N1C. The van der Waals surface area contributed by atoms with Crippen LogP contribution < -0.4 is 15.4 Å². The van der Waals surface area contributed by atoms with Gasteiger partial charge in [0, 0.05) is 52.6 Å². The molecule has 3 aliphatic heterocycles. The van der Waals surface area contributed by atoms with E-state index < -0.39 is 76.2 Å². The summed E-state index contributed by atoms with van der Waals surface area (Å²) in [6.07, 6.45) is 7.38. The number of piperidine rings is 1. The van der Waals surface area contributed by atoms with Crippen LogP contribution in [0, 0.1) is 17.8 Å². The maximum Gasteiger partial charge on any atom is 0.253 e. The Hall–Kier alpha value is -4.80. The number of nitrogens with one attached hydrogen (secondary N) is 3. The highest BCUT2D eigenvalue weighted by atomic mass is 32.2. The fourth-order valence-electron chi connectivity index (χ4n) is 9.60. The number of likely N-dealkylation sites (N-methyl/N-ethyl adjacent to an activating group) is 2. The van der Waals surface area contributed by atoms with Crippen molar-refractivity contribution in [3.05, 3.63) is 24.0 Å². The van der Waals surface area contributed by atoms with E-state index in [-0.39, 0.29) is 62.2 Å². The molecule has 21 nitrogen and oxygen atoms in total. The lowest BCUT2D eigenvalue weighted by atomic mass is 9.90. The molecule has 4 heterocycles. The van der Waals surface area contributed by atoms with Gasteiger partial charge in [0.25, 0.3) is 17.7 Å². The Balaban J connectivity index is 1.09. The Morgan fingerprint density at radius 1 is 1.00 bits per heavy atom. The van der Waals surface area contributed by atoms with Crippen LogP contribution in [0.4, 0.5) is 0 Å². The molecule has 3 fully saturated rings. The van der Waals surface area contributed by atoms with Crippen LogP contribution in [0.2, 0.25) is 0 Å². The molecule has 5 rings (SSSR count). The van der Waals surface area contributed by atoms with Crippen LogP contribution in [0.25, 0.3) is 0 Å². The zero-order valence-corrected chi connectivity index (χ0v) is 38.2. The van der Waals surface area contributed by atoms with Crippen LogP contribution in [-0.2, 0) is 66.1 Å². The first-order valence-corrected chi connectivity index (χ1v) is 23.4. The topological polar surface area (TPSA) is 252 Å². The predicted octanol–water partition coefficient (Wildman–Crippen LogP) is -0.825. The second-order valence-corrected chi connectivity index (χ2v) is 19.0. The highest BCUT2D eigenvalue weighted by Gasteiger charge is 2.47. The molecule has 1 saturated carbocycles. The molecule has 2 bridgehead atoms. The standard InChI is InChI=1S/C41H64N10O11S/c1-8-25(2)37(48(5)36(56)22-43-41(58)38-27-12-13-29(19-27)47(38)4)31(61-6)20-35(55)50-17-9-11-30(50)39(62-7)26(3)40(57)42-21-32(52)45-63(59,60)18-10-16-49-23-28(44-46-49)24-51-33(53)14-15-34(51)54/h14-15,23,25-27,29-31,37-39H,8-13,16-22,24H2,1-7H3,(H,42,57)(H,43,58)(H,45,52). The van der Waals surface area contributed by atoms with E-state index in [9.17, 15) is 42.0 Å². The zero-order valence-electron chi connectivity index (χ0n) is 37.4. The van der Waals surface area contributed by atoms with E-state index in [0.29, 0.717) is 43.5 Å². The van der Waals surface area contributed by atoms with Gasteiger partial charge in [-0.3, -0.25) is 52.8 Å². The molecule has 2 saturated heterocycles. The Labute approximate surface area is 369 Å². The molecule has 9 unspecified atom stereocenters. The summed E-state index contributed by atoms with van der Waals surface area (Å²) >= 11 is 0. The number of hydrogen-bond donors (Lipinski definition) is 3. The molecule has 1 aromatic rings. The molecule has 0 spiro atoms. The average Bonchev–Trinajstić information content (AvgIpc) is 4.11. The number of ether oxygens (including phenoxy) is 2. The van der Waals surface area contributed by atoms with E-state index in [1.807, 2.05) is 25.6 Å². The molecule has 9 atom stereocenters. The summed E-state index contributed by atoms with van der Waals surface area (Å²) in [6.45, 7) is 5.26. The number of amides is 7. The summed E-state index contributed by atoms with van der Waals surface area (Å²) in [5, 5.41) is 13.2. The summed E-state index contributed by atoms with van der Waals surface area (Å²) in [5.74, 6) is -4.15. The molecule has 22 heteroatoms. The maximum absolute atomic E-state index is 14.1. The molecule has 63 heavy (non-hydrogen) atoms. The number of rotatable bonds is 23. The number of imide groups is 1. The lowest BCUT2D eigenvalue weighted by Gasteiger charge is -2.39. The van der Waals surface area contributed by atoms with Crippen LogP contribution in [0.3, 0.4) is 0 Å². The quantitative estimate of drug-likeness (QED) is 0.114. The van der Waals surface area contributed by atoms with Crippen molar-refractivity contribution in [3.8, 4) is 0 Å². The number of methoxy groups -OCH3 is 2. The van der Waals surface area contributed by atoms with Crippen molar-refractivity contribution in [2.45, 2.75) is 122 Å². The van der Waals surface area contributed by atoms with E-state index >= 15 is 0 Å². The zero-order chi connectivity index (χ0) is 46.2. The Bertz CT molecular complexity index is 1970. The van der Waals surface area contributed by atoms with Crippen molar-refractivity contribution in [1.82, 2.24) is 49.9 Å². The van der Waals surface area contributed by atoms with Gasteiger partial charge in [-0.2, -0.15) is 0 Å². The van der Waals surface area contributed by atoms with Gasteiger partial charge in [-0.15, -0.1) is 5.10 Å². The number of sulfonamides is 1. The van der Waals surface area contributed by atoms with Gasteiger partial charge in [0.1, 0.15) is 5.69 Å². The normalized spacial score (nSPS) is 23.4. The second-order valence-electron chi connectivity index (χ2n) is 17.2. The number of aromatic nitrogens is 3. The van der Waals surface area contributed by atoms with Crippen molar-refractivity contribution in [3.63, 3.8) is 0 Å². The lowest BCUT2D eigenvalue weighted by Crippen LogP contribution is -2.55. The lowest BCUT2D eigenvalue weighted by molar-refractivity contribution is -0.146. The predicted molar refractivity (Wildman–Crippen MR) is 226 cm³/mol. The molecule has 1 aromatic heterocycles. The van der Waals surface area contributed by atoms with E-state index in [4.69, 9.17) is 9.47 Å². The monoisotopic (exact) mass is 904 g/mol. The first kappa shape index (κ1) is 49.2. The largest absolute Gasteiger partial charge is 0.379 e. The molecular formula is C41H64N10O11S. The number of hydrogen-bond acceptors (Lipinski definition) is 14. The van der Waals surface area contributed by atoms with E-state index in [1.165, 1.54) is 25.1 Å². The van der Waals surface area contributed by atoms with Crippen molar-refractivity contribution in [2.75, 3.05) is 53.7 Å². The third-order valence-electron chi connectivity index (χ3n) is 13.2. The molecule has 0 radical (unpaired) electrons. The van der Waals surface area contributed by atoms with Gasteiger partial charge in [0.2, 0.25) is 33.7 Å². The summed E-state index contributed by atoms with van der Waals surface area (Å²) in [6, 6.07) is -0.800. The Kier molecular flexibility index (Phi) is 17.0. The average molecular weight is 905 g/mol. The number of carbonyl (C=O) groups excluding carboxylic acids is 7. The van der Waals surface area contributed by atoms with E-state index in [1.54, 1.807) is 23.8 Å². The highest BCUT2D eigenvalue weighted by molar-refractivity contribution is 7.90. The van der Waals surface area contributed by atoms with E-state index in [0.717, 1.165) is 36.3 Å². The molecule has 1 aliphatic carbocycles. The minimum Gasteiger partial charge on any atom is -0.379 e. The highest BCUT2D eigenvalue weighted by Crippen LogP contribution is 2.41. The van der Waals surface area contributed by atoms with Crippen molar-refractivity contribution >= 4 is 51.4 Å². The summed E-state index contributed by atoms with van der Waals surface area (Å²) in [4.78, 5) is 96.7. The second kappa shape index (κ2) is 21.7. The van der Waals surface area contributed by atoms with Crippen LogP contribution in [-0.4, -0.2) is 174 Å². The number of nitrogens with zero attached hydrogens (tertiary/aromatic N) is 7. The van der Waals surface area contributed by atoms with Crippen LogP contribution in [0.1, 0.15) is 77.8 Å². The summed E-state index contributed by atoms with van der Waals surface area (Å²) < 4.78 is 40.4. The number of carbonyl (C=O) groups is 7.